The van der Waals surface area contributed by atoms with Gasteiger partial charge in [-0.15, -0.1) is 11.3 Å². The number of thiophene rings is 1. The van der Waals surface area contributed by atoms with Gasteiger partial charge in [-0.1, -0.05) is 6.42 Å². The van der Waals surface area contributed by atoms with Crippen molar-refractivity contribution in [3.63, 3.8) is 0 Å². The highest BCUT2D eigenvalue weighted by Gasteiger charge is 2.28. The topological polar surface area (TPSA) is 104 Å². The Morgan fingerprint density at radius 3 is 2.56 bits per heavy atom. The Balaban J connectivity index is 1.75. The van der Waals surface area contributed by atoms with Crippen LogP contribution >= 0.6 is 11.3 Å². The van der Waals surface area contributed by atoms with Gasteiger partial charge in [-0.3, -0.25) is 9.59 Å². The van der Waals surface area contributed by atoms with E-state index in [2.05, 4.69) is 5.32 Å². The highest BCUT2D eigenvalue weighted by Crippen LogP contribution is 2.27. The summed E-state index contributed by atoms with van der Waals surface area (Å²) in [5.41, 5.74) is 0. The van der Waals surface area contributed by atoms with E-state index in [1.165, 1.54) is 4.31 Å². The summed E-state index contributed by atoms with van der Waals surface area (Å²) in [4.78, 5) is 23.0. The fraction of sp³-hybridized carbons (Fsp3) is 0.625. The molecule has 0 spiro atoms. The smallest absolute Gasteiger partial charge is 0.303 e. The standard InChI is InChI=1S/C16H24N2O5S2/c19-14(17-9-3-1-2-6-15(20)21)12-13-7-8-16(24-13)25(22,23)18-10-4-5-11-18/h7-8H,1-6,9-12H2,(H,17,19)(H,20,21). The maximum absolute atomic E-state index is 12.4. The maximum Gasteiger partial charge on any atom is 0.303 e. The first-order valence-electron chi connectivity index (χ1n) is 8.47. The molecule has 1 amide bonds. The number of hydrogen-bond donors (Lipinski definition) is 2. The fourth-order valence-electron chi connectivity index (χ4n) is 2.67. The normalized spacial score (nSPS) is 15.4. The molecule has 0 atom stereocenters. The number of hydrogen-bond acceptors (Lipinski definition) is 5. The highest BCUT2D eigenvalue weighted by atomic mass is 32.2. The van der Waals surface area contributed by atoms with Crippen LogP contribution in [0.15, 0.2) is 16.3 Å². The van der Waals surface area contributed by atoms with Crippen molar-refractivity contribution in [2.75, 3.05) is 19.6 Å². The summed E-state index contributed by atoms with van der Waals surface area (Å²) in [6.45, 7) is 1.64. The third kappa shape index (κ3) is 6.09. The van der Waals surface area contributed by atoms with Gasteiger partial charge >= 0.3 is 5.97 Å². The van der Waals surface area contributed by atoms with E-state index < -0.39 is 16.0 Å². The minimum Gasteiger partial charge on any atom is -0.481 e. The zero-order chi connectivity index (χ0) is 18.3. The van der Waals surface area contributed by atoms with Crippen LogP contribution in [0.3, 0.4) is 0 Å². The van der Waals surface area contributed by atoms with E-state index in [9.17, 15) is 18.0 Å². The Bertz CT molecular complexity index is 693. The van der Waals surface area contributed by atoms with Crippen LogP contribution in [-0.2, 0) is 26.0 Å². The molecule has 0 radical (unpaired) electrons. The number of carboxylic acid groups (broad SMARTS) is 1. The molecule has 0 saturated carbocycles. The van der Waals surface area contributed by atoms with Crippen LogP contribution in [-0.4, -0.2) is 49.3 Å². The second-order valence-electron chi connectivity index (χ2n) is 6.06. The summed E-state index contributed by atoms with van der Waals surface area (Å²) in [5.74, 6) is -0.952. The summed E-state index contributed by atoms with van der Waals surface area (Å²) in [6, 6.07) is 3.27. The van der Waals surface area contributed by atoms with Gasteiger partial charge in [0.05, 0.1) is 6.42 Å². The zero-order valence-electron chi connectivity index (χ0n) is 14.1. The fourth-order valence-corrected chi connectivity index (χ4v) is 5.70. The number of nitrogens with one attached hydrogen (secondary N) is 1. The van der Waals surface area contributed by atoms with Gasteiger partial charge in [-0.05, 0) is 37.8 Å². The molecule has 0 aromatic carbocycles. The van der Waals surface area contributed by atoms with Crippen molar-refractivity contribution in [3.05, 3.63) is 17.0 Å². The molecule has 1 aromatic rings. The summed E-state index contributed by atoms with van der Waals surface area (Å²) in [6.07, 6.45) is 4.20. The number of sulfonamides is 1. The number of carboxylic acids is 1. The molecule has 1 fully saturated rings. The molecular formula is C16H24N2O5S2. The van der Waals surface area contributed by atoms with E-state index in [1.807, 2.05) is 0 Å². The third-order valence-corrected chi connectivity index (χ3v) is 7.47. The Kier molecular flexibility index (Phi) is 7.39. The number of carbonyl (C=O) groups excluding carboxylic acids is 1. The lowest BCUT2D eigenvalue weighted by molar-refractivity contribution is -0.137. The van der Waals surface area contributed by atoms with Gasteiger partial charge in [-0.2, -0.15) is 4.31 Å². The molecule has 0 bridgehead atoms. The van der Waals surface area contributed by atoms with Gasteiger partial charge in [0.1, 0.15) is 4.21 Å². The first-order chi connectivity index (χ1) is 11.9. The Morgan fingerprint density at radius 1 is 1.16 bits per heavy atom. The summed E-state index contributed by atoms with van der Waals surface area (Å²) in [7, 11) is -3.42. The number of nitrogens with zero attached hydrogens (tertiary/aromatic N) is 1. The van der Waals surface area contributed by atoms with E-state index in [0.29, 0.717) is 30.3 Å². The molecule has 0 unspecified atom stereocenters. The number of aliphatic carboxylic acids is 1. The van der Waals surface area contributed by atoms with E-state index in [4.69, 9.17) is 5.11 Å². The van der Waals surface area contributed by atoms with Crippen molar-refractivity contribution in [1.29, 1.82) is 0 Å². The Morgan fingerprint density at radius 2 is 1.88 bits per heavy atom. The molecule has 2 rings (SSSR count). The molecule has 25 heavy (non-hydrogen) atoms. The third-order valence-electron chi connectivity index (χ3n) is 4.02. The van der Waals surface area contributed by atoms with Crippen molar-refractivity contribution < 1.29 is 23.1 Å². The van der Waals surface area contributed by atoms with Crippen LogP contribution < -0.4 is 5.32 Å². The SMILES string of the molecule is O=C(O)CCCCCNC(=O)Cc1ccc(S(=O)(=O)N2CCCC2)s1. The van der Waals surface area contributed by atoms with E-state index in [1.54, 1.807) is 12.1 Å². The first-order valence-corrected chi connectivity index (χ1v) is 10.7. The quantitative estimate of drug-likeness (QED) is 0.595. The predicted octanol–water partition coefficient (Wildman–Crippen LogP) is 1.84. The lowest BCUT2D eigenvalue weighted by Gasteiger charge is -2.13. The molecule has 140 valence electrons. The van der Waals surface area contributed by atoms with Crippen LogP contribution in [0, 0.1) is 0 Å². The maximum atomic E-state index is 12.4. The monoisotopic (exact) mass is 388 g/mol. The van der Waals surface area contributed by atoms with Gasteiger partial charge in [0.15, 0.2) is 0 Å². The van der Waals surface area contributed by atoms with Crippen molar-refractivity contribution in [2.24, 2.45) is 0 Å². The summed E-state index contributed by atoms with van der Waals surface area (Å²) < 4.78 is 26.7. The second kappa shape index (κ2) is 9.30. The van der Waals surface area contributed by atoms with Gasteiger partial charge < -0.3 is 10.4 Å². The number of carbonyl (C=O) groups is 2. The van der Waals surface area contributed by atoms with Gasteiger partial charge in [0.2, 0.25) is 5.91 Å². The van der Waals surface area contributed by atoms with Gasteiger partial charge in [0.25, 0.3) is 10.0 Å². The van der Waals surface area contributed by atoms with Crippen LogP contribution in [0.25, 0.3) is 0 Å². The molecule has 9 heteroatoms. The van der Waals surface area contributed by atoms with Crippen LogP contribution in [0.5, 0.6) is 0 Å². The van der Waals surface area contributed by atoms with Crippen molar-refractivity contribution in [2.45, 2.75) is 49.2 Å². The number of unbranched alkanes of at least 4 members (excludes halogenated alkanes) is 2. The Labute approximate surface area is 152 Å². The van der Waals surface area contributed by atoms with Crippen LogP contribution in [0.1, 0.15) is 43.4 Å². The second-order valence-corrected chi connectivity index (χ2v) is 9.40. The number of rotatable bonds is 10. The lowest BCUT2D eigenvalue weighted by atomic mass is 10.2. The molecule has 0 aliphatic carbocycles. The van der Waals surface area contributed by atoms with E-state index in [0.717, 1.165) is 41.9 Å². The first kappa shape index (κ1) is 19.9. The summed E-state index contributed by atoms with van der Waals surface area (Å²) >= 11 is 1.15. The molecule has 7 nitrogen and oxygen atoms in total. The minimum absolute atomic E-state index is 0.148. The molecule has 2 N–H and O–H groups in total. The molecule has 1 aromatic heterocycles. The van der Waals surface area contributed by atoms with E-state index >= 15 is 0 Å². The van der Waals surface area contributed by atoms with Crippen LogP contribution in [0.2, 0.25) is 0 Å². The van der Waals surface area contributed by atoms with E-state index in [-0.39, 0.29) is 18.7 Å². The predicted molar refractivity (Wildman–Crippen MR) is 95.1 cm³/mol. The Hall–Kier alpha value is -1.45. The highest BCUT2D eigenvalue weighted by molar-refractivity contribution is 7.91. The zero-order valence-corrected chi connectivity index (χ0v) is 15.7. The molecule has 1 saturated heterocycles. The molecule has 1 aliphatic heterocycles. The van der Waals surface area contributed by atoms with Crippen LogP contribution in [0.4, 0.5) is 0 Å². The van der Waals surface area contributed by atoms with Crippen molar-refractivity contribution >= 4 is 33.2 Å². The average Bonchev–Trinajstić information content (AvgIpc) is 3.22. The minimum atomic E-state index is -3.42. The lowest BCUT2D eigenvalue weighted by Crippen LogP contribution is -2.27. The van der Waals surface area contributed by atoms with Gasteiger partial charge in [-0.25, -0.2) is 8.42 Å². The molecule has 2 heterocycles. The largest absolute Gasteiger partial charge is 0.481 e. The molecular weight excluding hydrogens is 364 g/mol. The average molecular weight is 389 g/mol. The number of amides is 1. The molecule has 1 aliphatic rings. The van der Waals surface area contributed by atoms with Crippen molar-refractivity contribution in [1.82, 2.24) is 9.62 Å². The van der Waals surface area contributed by atoms with Crippen molar-refractivity contribution in [3.8, 4) is 0 Å². The van der Waals surface area contributed by atoms with Gasteiger partial charge in [0, 0.05) is 30.9 Å². The summed E-state index contributed by atoms with van der Waals surface area (Å²) in [5, 5.41) is 11.3.